The topological polar surface area (TPSA) is 60.1 Å². The first-order valence-corrected chi connectivity index (χ1v) is 9.19. The van der Waals surface area contributed by atoms with Crippen molar-refractivity contribution in [1.82, 2.24) is 15.1 Å². The van der Waals surface area contributed by atoms with Crippen molar-refractivity contribution in [2.45, 2.75) is 20.0 Å². The summed E-state index contributed by atoms with van der Waals surface area (Å²) in [6.07, 6.45) is 1.99. The predicted octanol–water partition coefficient (Wildman–Crippen LogP) is 4.43. The largest absolute Gasteiger partial charge is 0.456 e. The van der Waals surface area contributed by atoms with E-state index in [0.29, 0.717) is 24.6 Å². The molecule has 0 saturated heterocycles. The summed E-state index contributed by atoms with van der Waals surface area (Å²) in [7, 11) is 0. The number of hydrogen-bond acceptors (Lipinski definition) is 3. The molecule has 5 heteroatoms. The highest BCUT2D eigenvalue weighted by atomic mass is 16.3. The molecule has 0 fully saturated rings. The van der Waals surface area contributed by atoms with Crippen LogP contribution < -0.4 is 5.32 Å². The van der Waals surface area contributed by atoms with Crippen LogP contribution in [0.15, 0.2) is 83.4 Å². The molecular weight excluding hydrogens is 350 g/mol. The summed E-state index contributed by atoms with van der Waals surface area (Å²) < 4.78 is 7.31. The number of hydrogen-bond donors (Lipinski definition) is 1. The van der Waals surface area contributed by atoms with E-state index in [1.165, 1.54) is 5.56 Å². The highest BCUT2D eigenvalue weighted by Gasteiger charge is 2.14. The van der Waals surface area contributed by atoms with Crippen molar-refractivity contribution in [2.75, 3.05) is 0 Å². The van der Waals surface area contributed by atoms with Crippen molar-refractivity contribution in [3.05, 3.63) is 102 Å². The molecule has 2 aromatic heterocycles. The van der Waals surface area contributed by atoms with E-state index >= 15 is 0 Å². The van der Waals surface area contributed by atoms with Gasteiger partial charge in [-0.2, -0.15) is 5.10 Å². The van der Waals surface area contributed by atoms with Gasteiger partial charge >= 0.3 is 0 Å². The first-order chi connectivity index (χ1) is 13.7. The Kier molecular flexibility index (Phi) is 5.06. The van der Waals surface area contributed by atoms with Crippen LogP contribution in [-0.2, 0) is 13.1 Å². The van der Waals surface area contributed by atoms with Crippen LogP contribution in [0.25, 0.3) is 11.3 Å². The third-order valence-electron chi connectivity index (χ3n) is 4.48. The standard InChI is InChI=1S/C23H21N3O2/c1-17-12-13-21(28-17)23(27)24-14-20-16-26(15-18-8-4-2-5-9-18)25-22(20)19-10-6-3-7-11-19/h2-13,16H,14-15H2,1H3,(H,24,27). The van der Waals surface area contributed by atoms with Crippen molar-refractivity contribution in [3.8, 4) is 11.3 Å². The van der Waals surface area contributed by atoms with E-state index in [9.17, 15) is 4.79 Å². The van der Waals surface area contributed by atoms with Gasteiger partial charge in [-0.05, 0) is 24.6 Å². The Morgan fingerprint density at radius 2 is 1.71 bits per heavy atom. The van der Waals surface area contributed by atoms with Crippen molar-refractivity contribution < 1.29 is 9.21 Å². The van der Waals surface area contributed by atoms with Gasteiger partial charge in [0, 0.05) is 23.9 Å². The van der Waals surface area contributed by atoms with Gasteiger partial charge in [-0.15, -0.1) is 0 Å². The lowest BCUT2D eigenvalue weighted by Crippen LogP contribution is -2.22. The molecule has 0 unspecified atom stereocenters. The van der Waals surface area contributed by atoms with Crippen LogP contribution in [0.5, 0.6) is 0 Å². The molecule has 4 aromatic rings. The van der Waals surface area contributed by atoms with E-state index in [-0.39, 0.29) is 5.91 Å². The summed E-state index contributed by atoms with van der Waals surface area (Å²) in [6, 6.07) is 23.6. The molecule has 0 bridgehead atoms. The lowest BCUT2D eigenvalue weighted by Gasteiger charge is -2.04. The molecule has 4 rings (SSSR count). The second-order valence-electron chi connectivity index (χ2n) is 6.65. The van der Waals surface area contributed by atoms with Gasteiger partial charge in [0.25, 0.3) is 5.91 Å². The number of rotatable bonds is 6. The second-order valence-corrected chi connectivity index (χ2v) is 6.65. The quantitative estimate of drug-likeness (QED) is 0.545. The Morgan fingerprint density at radius 1 is 1.00 bits per heavy atom. The van der Waals surface area contributed by atoms with Gasteiger partial charge in [0.2, 0.25) is 0 Å². The molecule has 0 aliphatic carbocycles. The van der Waals surface area contributed by atoms with E-state index in [1.54, 1.807) is 12.1 Å². The van der Waals surface area contributed by atoms with Crippen molar-refractivity contribution >= 4 is 5.91 Å². The summed E-state index contributed by atoms with van der Waals surface area (Å²) in [5, 5.41) is 7.70. The zero-order valence-electron chi connectivity index (χ0n) is 15.6. The molecule has 28 heavy (non-hydrogen) atoms. The SMILES string of the molecule is Cc1ccc(C(=O)NCc2cn(Cc3ccccc3)nc2-c2ccccc2)o1. The lowest BCUT2D eigenvalue weighted by molar-refractivity contribution is 0.0922. The van der Waals surface area contributed by atoms with Gasteiger partial charge in [-0.25, -0.2) is 0 Å². The van der Waals surface area contributed by atoms with Crippen molar-refractivity contribution in [1.29, 1.82) is 0 Å². The first-order valence-electron chi connectivity index (χ1n) is 9.19. The monoisotopic (exact) mass is 371 g/mol. The van der Waals surface area contributed by atoms with Gasteiger partial charge in [0.15, 0.2) is 5.76 Å². The number of furan rings is 1. The predicted molar refractivity (Wildman–Crippen MR) is 108 cm³/mol. The Bertz CT molecular complexity index is 1070. The molecule has 0 saturated carbocycles. The van der Waals surface area contributed by atoms with E-state index in [2.05, 4.69) is 17.4 Å². The van der Waals surface area contributed by atoms with Gasteiger partial charge in [-0.1, -0.05) is 60.7 Å². The molecule has 5 nitrogen and oxygen atoms in total. The van der Waals surface area contributed by atoms with Crippen molar-refractivity contribution in [2.24, 2.45) is 0 Å². The number of nitrogens with zero attached hydrogens (tertiary/aromatic N) is 2. The maximum absolute atomic E-state index is 12.3. The molecule has 0 spiro atoms. The number of aryl methyl sites for hydroxylation is 1. The number of carbonyl (C=O) groups excluding carboxylic acids is 1. The molecule has 0 radical (unpaired) electrons. The number of carbonyl (C=O) groups is 1. The lowest BCUT2D eigenvalue weighted by atomic mass is 10.1. The summed E-state index contributed by atoms with van der Waals surface area (Å²) in [4.78, 5) is 12.3. The number of aromatic nitrogens is 2. The zero-order chi connectivity index (χ0) is 19.3. The first kappa shape index (κ1) is 17.8. The van der Waals surface area contributed by atoms with Crippen molar-refractivity contribution in [3.63, 3.8) is 0 Å². The summed E-state index contributed by atoms with van der Waals surface area (Å²) in [6.45, 7) is 2.86. The second kappa shape index (κ2) is 7.96. The number of amides is 1. The van der Waals surface area contributed by atoms with E-state index in [4.69, 9.17) is 9.52 Å². The third-order valence-corrected chi connectivity index (χ3v) is 4.48. The number of benzene rings is 2. The molecule has 0 aliphatic heterocycles. The van der Waals surface area contributed by atoms with Gasteiger partial charge < -0.3 is 9.73 Å². The molecular formula is C23H21N3O2. The Labute approximate surface area is 163 Å². The van der Waals surface area contributed by atoms with Crippen LogP contribution in [0, 0.1) is 6.92 Å². The fourth-order valence-electron chi connectivity index (χ4n) is 3.10. The van der Waals surface area contributed by atoms with Gasteiger partial charge in [-0.3, -0.25) is 9.48 Å². The van der Waals surface area contributed by atoms with Crippen LogP contribution in [0.3, 0.4) is 0 Å². The highest BCUT2D eigenvalue weighted by Crippen LogP contribution is 2.22. The fourth-order valence-corrected chi connectivity index (χ4v) is 3.10. The van der Waals surface area contributed by atoms with Crippen LogP contribution >= 0.6 is 0 Å². The van der Waals surface area contributed by atoms with Gasteiger partial charge in [0.05, 0.1) is 12.2 Å². The fraction of sp³-hybridized carbons (Fsp3) is 0.130. The molecule has 2 aromatic carbocycles. The Morgan fingerprint density at radius 3 is 2.39 bits per heavy atom. The molecule has 0 aliphatic rings. The van der Waals surface area contributed by atoms with E-state index in [0.717, 1.165) is 16.8 Å². The van der Waals surface area contributed by atoms with Crippen LogP contribution in [0.2, 0.25) is 0 Å². The molecule has 0 atom stereocenters. The summed E-state index contributed by atoms with van der Waals surface area (Å²) in [5.41, 5.74) is 4.02. The normalized spacial score (nSPS) is 10.8. The third kappa shape index (κ3) is 4.04. The molecule has 2 heterocycles. The highest BCUT2D eigenvalue weighted by molar-refractivity contribution is 5.91. The van der Waals surface area contributed by atoms with Gasteiger partial charge in [0.1, 0.15) is 5.76 Å². The number of nitrogens with one attached hydrogen (secondary N) is 1. The minimum Gasteiger partial charge on any atom is -0.456 e. The smallest absolute Gasteiger partial charge is 0.287 e. The Hall–Kier alpha value is -3.60. The van der Waals surface area contributed by atoms with Crippen LogP contribution in [-0.4, -0.2) is 15.7 Å². The molecule has 140 valence electrons. The zero-order valence-corrected chi connectivity index (χ0v) is 15.6. The van der Waals surface area contributed by atoms with Crippen LogP contribution in [0.1, 0.15) is 27.4 Å². The summed E-state index contributed by atoms with van der Waals surface area (Å²) >= 11 is 0. The Balaban J connectivity index is 1.58. The minimum atomic E-state index is -0.233. The van der Waals surface area contributed by atoms with E-state index in [1.807, 2.05) is 66.3 Å². The maximum atomic E-state index is 12.3. The van der Waals surface area contributed by atoms with E-state index < -0.39 is 0 Å². The molecule has 1 N–H and O–H groups in total. The maximum Gasteiger partial charge on any atom is 0.287 e. The summed E-state index contributed by atoms with van der Waals surface area (Å²) in [5.74, 6) is 0.796. The van der Waals surface area contributed by atoms with Crippen LogP contribution in [0.4, 0.5) is 0 Å². The average Bonchev–Trinajstić information content (AvgIpc) is 3.34. The average molecular weight is 371 g/mol. The minimum absolute atomic E-state index is 0.233. The molecule has 1 amide bonds.